The van der Waals surface area contributed by atoms with E-state index in [-0.39, 0.29) is 125 Å². The Labute approximate surface area is 572 Å². The van der Waals surface area contributed by atoms with E-state index in [9.17, 15) is 74.8 Å². The second-order valence-electron chi connectivity index (χ2n) is 23.1. The van der Waals surface area contributed by atoms with Crippen LogP contribution in [-0.4, -0.2) is 238 Å². The molecule has 0 aliphatic carbocycles. The molecule has 0 radical (unpaired) electrons. The third-order valence-electron chi connectivity index (χ3n) is 16.3. The summed E-state index contributed by atoms with van der Waals surface area (Å²) >= 11 is 0. The number of aliphatic carboxylic acids is 1. The van der Waals surface area contributed by atoms with Gasteiger partial charge in [0.2, 0.25) is 5.69 Å². The molecule has 6 rings (SSSR count). The molecule has 0 aromatic heterocycles. The van der Waals surface area contributed by atoms with E-state index >= 15 is 0 Å². The van der Waals surface area contributed by atoms with Crippen LogP contribution in [0, 0.1) is 0 Å². The fourth-order valence-electron chi connectivity index (χ4n) is 11.8. The topological polar surface area (TPSA) is 408 Å². The van der Waals surface area contributed by atoms with Crippen LogP contribution in [0.2, 0.25) is 0 Å². The number of hydrogen-bond donors (Lipinski definition) is 6. The van der Waals surface area contributed by atoms with E-state index in [1.54, 1.807) is 74.6 Å². The van der Waals surface area contributed by atoms with Gasteiger partial charge in [-0.15, -0.1) is 0 Å². The molecule has 0 spiro atoms. The predicted molar refractivity (Wildman–Crippen MR) is 361 cm³/mol. The monoisotopic (exact) mass is 1480 g/mol. The highest BCUT2D eigenvalue weighted by Crippen LogP contribution is 2.55. The van der Waals surface area contributed by atoms with Gasteiger partial charge in [0.15, 0.2) is 5.71 Å². The molecule has 34 heteroatoms. The summed E-state index contributed by atoms with van der Waals surface area (Å²) in [6.45, 7) is 8.79. The van der Waals surface area contributed by atoms with Crippen LogP contribution in [0.15, 0.2) is 116 Å². The van der Waals surface area contributed by atoms with Gasteiger partial charge in [-0.2, -0.15) is 46.7 Å². The molecule has 0 amide bonds. The third kappa shape index (κ3) is 23.5. The highest BCUT2D eigenvalue weighted by molar-refractivity contribution is 7.87. The van der Waals surface area contributed by atoms with E-state index < -0.39 is 92.7 Å². The number of anilines is 1. The van der Waals surface area contributed by atoms with Gasteiger partial charge >= 0.3 is 5.97 Å². The lowest BCUT2D eigenvalue weighted by molar-refractivity contribution is -0.438. The third-order valence-corrected chi connectivity index (χ3v) is 20.5. The number of fused-ring (bicyclic) bond motifs is 6. The molecule has 0 saturated heterocycles. The summed E-state index contributed by atoms with van der Waals surface area (Å²) in [5, 5.41) is 9.30. The van der Waals surface area contributed by atoms with Crippen LogP contribution in [0.4, 0.5) is 11.4 Å². The maximum atomic E-state index is 13.2. The van der Waals surface area contributed by atoms with Crippen LogP contribution in [0.25, 0.3) is 21.5 Å². The average Bonchev–Trinajstić information content (AvgIpc) is 1.53. The van der Waals surface area contributed by atoms with E-state index in [1.807, 2.05) is 11.5 Å². The SMILES string of the molecule is COCCOCCOCCOCCOCCOCCN1/C(=C/C=C/C=C/C=C/C2=[N+](CCCCCC(=O)O)c3ccc4c(S(=O)(=O)O)cc(S(=O)(=O)O)cc4c3C2(C)CCOCCOCCOCCOC)C(C)(CCCS(=O)(=O)O)c2c1cc(S(=O)(=O)O)c1ccc(S(=O)(=O)O)cc21. The number of benzene rings is 4. The van der Waals surface area contributed by atoms with Crippen molar-refractivity contribution in [2.24, 2.45) is 0 Å². The van der Waals surface area contributed by atoms with Crippen molar-refractivity contribution in [3.8, 4) is 0 Å². The van der Waals surface area contributed by atoms with Gasteiger partial charge < -0.3 is 57.4 Å². The van der Waals surface area contributed by atoms with Crippen LogP contribution >= 0.6 is 0 Å². The molecule has 0 fully saturated rings. The zero-order chi connectivity index (χ0) is 71.8. The molecule has 98 heavy (non-hydrogen) atoms. The Morgan fingerprint density at radius 2 is 0.949 bits per heavy atom. The molecule has 2 aliphatic rings. The fourth-order valence-corrected chi connectivity index (χ4v) is 14.8. The first kappa shape index (κ1) is 81.4. The van der Waals surface area contributed by atoms with Crippen molar-refractivity contribution in [2.45, 2.75) is 89.2 Å². The quantitative estimate of drug-likeness (QED) is 0.0115. The molecule has 6 N–H and O–H groups in total. The Kier molecular flexibility index (Phi) is 31.5. The highest BCUT2D eigenvalue weighted by Gasteiger charge is 2.50. The van der Waals surface area contributed by atoms with E-state index in [2.05, 4.69) is 0 Å². The number of nitrogens with zero attached hydrogens (tertiary/aromatic N) is 2. The first-order chi connectivity index (χ1) is 46.4. The Hall–Kier alpha value is -5.55. The molecule has 2 aliphatic heterocycles. The number of unbranched alkanes of at least 4 members (excludes halogenated alkanes) is 2. The van der Waals surface area contributed by atoms with Gasteiger partial charge in [-0.25, -0.2) is 0 Å². The van der Waals surface area contributed by atoms with Crippen molar-refractivity contribution in [1.82, 2.24) is 0 Å². The number of methoxy groups -OCH3 is 2. The average molecular weight is 1480 g/mol. The number of allylic oxidation sites excluding steroid dienone is 8. The van der Waals surface area contributed by atoms with E-state index in [0.29, 0.717) is 113 Å². The van der Waals surface area contributed by atoms with Crippen LogP contribution in [-0.2, 0) is 114 Å². The molecule has 2 unspecified atom stereocenters. The van der Waals surface area contributed by atoms with Gasteiger partial charge in [0.1, 0.15) is 16.3 Å². The number of carboxylic acid groups (broad SMARTS) is 1. The van der Waals surface area contributed by atoms with Gasteiger partial charge in [0, 0.05) is 85.5 Å². The fraction of sp³-hybridized carbons (Fsp3) is 0.531. The first-order valence-electron chi connectivity index (χ1n) is 31.4. The van der Waals surface area contributed by atoms with Crippen molar-refractivity contribution in [3.63, 3.8) is 0 Å². The number of ether oxygens (including phenoxy) is 10. The Balaban J connectivity index is 1.37. The van der Waals surface area contributed by atoms with Gasteiger partial charge in [-0.1, -0.05) is 36.4 Å². The maximum Gasteiger partial charge on any atom is 0.303 e. The molecule has 4 aromatic carbocycles. The minimum Gasteiger partial charge on any atom is -0.481 e. The van der Waals surface area contributed by atoms with Crippen molar-refractivity contribution in [2.75, 3.05) is 157 Å². The molecule has 0 saturated carbocycles. The van der Waals surface area contributed by atoms with Crippen molar-refractivity contribution < 1.29 is 127 Å². The van der Waals surface area contributed by atoms with Gasteiger partial charge in [-0.3, -0.25) is 27.6 Å². The van der Waals surface area contributed by atoms with Gasteiger partial charge in [0.25, 0.3) is 50.6 Å². The van der Waals surface area contributed by atoms with Crippen LogP contribution in [0.5, 0.6) is 0 Å². The van der Waals surface area contributed by atoms with Gasteiger partial charge in [0.05, 0.1) is 133 Å². The molecular weight excluding hydrogens is 1390 g/mol. The summed E-state index contributed by atoms with van der Waals surface area (Å²) in [6.07, 6.45) is 12.9. The number of carbonyl (C=O) groups is 1. The minimum absolute atomic E-state index is 0.0165. The number of carboxylic acids is 1. The van der Waals surface area contributed by atoms with Gasteiger partial charge in [-0.05, 0) is 105 Å². The smallest absolute Gasteiger partial charge is 0.303 e. The number of rotatable bonds is 48. The normalized spacial score (nSPS) is 17.6. The zero-order valence-electron chi connectivity index (χ0n) is 55.2. The second-order valence-corrected chi connectivity index (χ2v) is 30.3. The minimum atomic E-state index is -5.11. The summed E-state index contributed by atoms with van der Waals surface area (Å²) < 4.78 is 237. The van der Waals surface area contributed by atoms with E-state index in [1.165, 1.54) is 12.1 Å². The lowest BCUT2D eigenvalue weighted by Crippen LogP contribution is -2.33. The summed E-state index contributed by atoms with van der Waals surface area (Å²) in [7, 11) is -21.6. The molecule has 4 aromatic rings. The van der Waals surface area contributed by atoms with E-state index in [4.69, 9.17) is 47.4 Å². The lowest BCUT2D eigenvalue weighted by atomic mass is 9.75. The van der Waals surface area contributed by atoms with Crippen molar-refractivity contribution in [1.29, 1.82) is 0 Å². The molecule has 0 bridgehead atoms. The predicted octanol–water partition coefficient (Wildman–Crippen LogP) is 6.80. The summed E-state index contributed by atoms with van der Waals surface area (Å²) in [5.41, 5.74) is -0.0848. The molecule has 29 nitrogen and oxygen atoms in total. The van der Waals surface area contributed by atoms with E-state index in [0.717, 1.165) is 24.3 Å². The van der Waals surface area contributed by atoms with Crippen LogP contribution in [0.1, 0.15) is 69.9 Å². The summed E-state index contributed by atoms with van der Waals surface area (Å²) in [4.78, 5) is 10.4. The van der Waals surface area contributed by atoms with Crippen molar-refractivity contribution >= 4 is 95.2 Å². The zero-order valence-corrected chi connectivity index (χ0v) is 59.2. The largest absolute Gasteiger partial charge is 0.481 e. The maximum absolute atomic E-state index is 13.2. The molecule has 546 valence electrons. The summed E-state index contributed by atoms with van der Waals surface area (Å²) in [5.74, 6) is -1.67. The lowest BCUT2D eigenvalue weighted by Gasteiger charge is -2.31. The standard InChI is InChI=1S/C64H88N2O27S5/c1-63(21-13-43-94(69,70)71)58(66(24-26-87-32-34-91-39-40-93-42-41-92-38-36-89-30-28-85-4)55-47-57(98(81,82)83)50-18-17-48(95(72,73)74)44-52(50)62(55)63)14-9-6-5-7-10-15-59-64(2,22-25-86-31-33-90-37-35-88-29-27-84-3)61-53-45-49(96(75,76)77)46-56(97(78,79)80)51(53)19-20-54(61)65(59)23-12-8-11-16-60(67)68/h5-7,9-10,14-15,17-20,44-47H,8,11-13,16,21-43H2,1-4H3,(H5-,67,68,69,70,71,72,73,74,75,76,77,78,79,80,81,82,83)/p+1. The van der Waals surface area contributed by atoms with Crippen LogP contribution < -0.4 is 4.90 Å². The summed E-state index contributed by atoms with van der Waals surface area (Å²) in [6, 6.07) is 9.23. The highest BCUT2D eigenvalue weighted by atomic mass is 32.2. The Morgan fingerprint density at radius 3 is 1.46 bits per heavy atom. The first-order valence-corrected chi connectivity index (χ1v) is 38.8. The Bertz CT molecular complexity index is 4120. The molecular formula is C64H89N2O27S5+. The van der Waals surface area contributed by atoms with Crippen molar-refractivity contribution in [3.05, 3.63) is 108 Å². The molecule has 2 heterocycles. The Morgan fingerprint density at radius 1 is 0.480 bits per heavy atom. The molecule has 2 atom stereocenters. The second kappa shape index (κ2) is 37.9. The number of hydrogen-bond acceptors (Lipinski definition) is 22. The van der Waals surface area contributed by atoms with Crippen LogP contribution in [0.3, 0.4) is 0 Å².